The van der Waals surface area contributed by atoms with Gasteiger partial charge in [-0.1, -0.05) is 6.92 Å². The molecule has 0 rings (SSSR count). The number of carboxylic acid groups (broad SMARTS) is 1. The van der Waals surface area contributed by atoms with E-state index in [1.54, 1.807) is 6.92 Å². The molecule has 1 unspecified atom stereocenters. The van der Waals surface area contributed by atoms with Crippen molar-refractivity contribution >= 4 is 17.6 Å². The van der Waals surface area contributed by atoms with Crippen LogP contribution in [0.25, 0.3) is 0 Å². The topological polar surface area (TPSA) is 146 Å². The van der Waals surface area contributed by atoms with E-state index in [9.17, 15) is 4.79 Å². The molecule has 0 aromatic carbocycles. The molecule has 8 nitrogen and oxygen atoms in total. The van der Waals surface area contributed by atoms with E-state index in [1.807, 2.05) is 0 Å². The number of guanidine groups is 1. The second-order valence-corrected chi connectivity index (χ2v) is 3.04. The lowest BCUT2D eigenvalue weighted by molar-refractivity contribution is -0.129. The predicted octanol–water partition coefficient (Wildman–Crippen LogP) is -1.29. The fraction of sp³-hybridized carbons (Fsp3) is 0.571. The lowest BCUT2D eigenvalue weighted by Gasteiger charge is -2.07. The zero-order chi connectivity index (χ0) is 11.8. The van der Waals surface area contributed by atoms with Gasteiger partial charge in [-0.25, -0.2) is 4.79 Å². The Morgan fingerprint density at radius 3 is 2.53 bits per heavy atom. The van der Waals surface area contributed by atoms with Crippen molar-refractivity contribution in [1.82, 2.24) is 5.59 Å². The normalized spacial score (nSPS) is 13.1. The quantitative estimate of drug-likeness (QED) is 0.212. The third-order valence-electron chi connectivity index (χ3n) is 1.56. The van der Waals surface area contributed by atoms with E-state index < -0.39 is 5.97 Å². The highest BCUT2D eigenvalue weighted by Gasteiger charge is 2.14. The Morgan fingerprint density at radius 2 is 2.13 bits per heavy atom. The van der Waals surface area contributed by atoms with Crippen LogP contribution in [0.4, 0.5) is 0 Å². The number of nitrogens with one attached hydrogen (secondary N) is 1. The van der Waals surface area contributed by atoms with E-state index in [-0.39, 0.29) is 24.0 Å². The molecule has 0 amide bonds. The molecular weight excluding hydrogens is 202 g/mol. The maximum absolute atomic E-state index is 10.6. The van der Waals surface area contributed by atoms with E-state index in [4.69, 9.17) is 21.8 Å². The number of aliphatic carboxylic acids is 1. The van der Waals surface area contributed by atoms with Gasteiger partial charge in [-0.05, 0) is 5.92 Å². The summed E-state index contributed by atoms with van der Waals surface area (Å²) in [5.41, 5.74) is 11.5. The summed E-state index contributed by atoms with van der Waals surface area (Å²) >= 11 is 0. The second kappa shape index (κ2) is 6.60. The summed E-state index contributed by atoms with van der Waals surface area (Å²) in [5, 5.41) is 20.1. The number of nitrogens with two attached hydrogens (primary N) is 2. The minimum Gasteiger partial charge on any atom is -0.477 e. The Kier molecular flexibility index (Phi) is 5.79. The smallest absolute Gasteiger partial charge is 0.352 e. The van der Waals surface area contributed by atoms with Crippen LogP contribution < -0.4 is 17.1 Å². The third-order valence-corrected chi connectivity index (χ3v) is 1.56. The predicted molar refractivity (Wildman–Crippen MR) is 54.5 cm³/mol. The molecule has 0 spiro atoms. The van der Waals surface area contributed by atoms with Gasteiger partial charge in [-0.2, -0.15) is 10.7 Å². The highest BCUT2D eigenvalue weighted by molar-refractivity contribution is 6.35. The number of carbonyl (C=O) groups is 1. The van der Waals surface area contributed by atoms with Gasteiger partial charge in [0.15, 0.2) is 5.96 Å². The maximum Gasteiger partial charge on any atom is 0.352 e. The average Bonchev–Trinajstić information content (AvgIpc) is 2.14. The molecule has 0 aromatic heterocycles. The number of carboxylic acids is 1. The summed E-state index contributed by atoms with van der Waals surface area (Å²) in [5.74, 6) is -1.33. The van der Waals surface area contributed by atoms with Crippen molar-refractivity contribution in [3.63, 3.8) is 0 Å². The first kappa shape index (κ1) is 13.2. The monoisotopic (exact) mass is 217 g/mol. The van der Waals surface area contributed by atoms with E-state index in [2.05, 4.69) is 10.1 Å². The zero-order valence-corrected chi connectivity index (χ0v) is 8.34. The molecule has 86 valence electrons. The highest BCUT2D eigenvalue weighted by Crippen LogP contribution is 2.04. The Labute approximate surface area is 86.6 Å². The van der Waals surface area contributed by atoms with Crippen LogP contribution in [-0.4, -0.2) is 34.5 Å². The standard InChI is InChI=1S/C7H15N5O3/c1-4(3-10-7(8)9)2-5(6(13)14)11-12-15/h4,12,15H,2-3H2,1H3,(H,13,14)(H4,8,9,10). The molecule has 8 heteroatoms. The minimum absolute atomic E-state index is 0.0454. The van der Waals surface area contributed by atoms with Crippen LogP contribution in [0.5, 0.6) is 0 Å². The van der Waals surface area contributed by atoms with Crippen molar-refractivity contribution in [2.75, 3.05) is 6.54 Å². The van der Waals surface area contributed by atoms with Gasteiger partial charge < -0.3 is 16.6 Å². The van der Waals surface area contributed by atoms with Crippen molar-refractivity contribution in [2.45, 2.75) is 13.3 Å². The Morgan fingerprint density at radius 1 is 1.53 bits per heavy atom. The first-order valence-corrected chi connectivity index (χ1v) is 4.21. The van der Waals surface area contributed by atoms with Crippen molar-refractivity contribution in [2.24, 2.45) is 27.5 Å². The van der Waals surface area contributed by atoms with Crippen LogP contribution >= 0.6 is 0 Å². The summed E-state index contributed by atoms with van der Waals surface area (Å²) in [6.45, 7) is 2.07. The summed E-state index contributed by atoms with van der Waals surface area (Å²) in [4.78, 5) is 14.3. The molecule has 0 aromatic rings. The van der Waals surface area contributed by atoms with Gasteiger partial charge in [0, 0.05) is 13.0 Å². The average molecular weight is 217 g/mol. The molecule has 7 N–H and O–H groups in total. The molecule has 0 aliphatic rings. The van der Waals surface area contributed by atoms with Gasteiger partial charge in [0.2, 0.25) is 0 Å². The van der Waals surface area contributed by atoms with Gasteiger partial charge >= 0.3 is 5.97 Å². The molecule has 0 saturated carbocycles. The van der Waals surface area contributed by atoms with Crippen molar-refractivity contribution < 1.29 is 15.1 Å². The number of hydrogen-bond acceptors (Lipinski definition) is 5. The molecule has 0 radical (unpaired) electrons. The van der Waals surface area contributed by atoms with Gasteiger partial charge in [0.25, 0.3) is 0 Å². The number of nitrogens with zero attached hydrogens (tertiary/aromatic N) is 2. The third kappa shape index (κ3) is 6.27. The molecule has 15 heavy (non-hydrogen) atoms. The second-order valence-electron chi connectivity index (χ2n) is 3.04. The van der Waals surface area contributed by atoms with Crippen molar-refractivity contribution in [3.05, 3.63) is 0 Å². The van der Waals surface area contributed by atoms with Crippen molar-refractivity contribution in [3.8, 4) is 0 Å². The van der Waals surface area contributed by atoms with Crippen LogP contribution in [0.1, 0.15) is 13.3 Å². The van der Waals surface area contributed by atoms with Gasteiger partial charge in [0.1, 0.15) is 5.71 Å². The van der Waals surface area contributed by atoms with Crippen LogP contribution in [0.15, 0.2) is 10.1 Å². The molecule has 0 fully saturated rings. The molecule has 0 saturated heterocycles. The molecule has 0 aliphatic carbocycles. The Hall–Kier alpha value is -1.83. The first-order chi connectivity index (χ1) is 6.97. The number of hydrogen-bond donors (Lipinski definition) is 5. The zero-order valence-electron chi connectivity index (χ0n) is 8.34. The van der Waals surface area contributed by atoms with E-state index >= 15 is 0 Å². The van der Waals surface area contributed by atoms with Gasteiger partial charge in [0.05, 0.1) is 0 Å². The largest absolute Gasteiger partial charge is 0.477 e. The molecular formula is C7H15N5O3. The van der Waals surface area contributed by atoms with Gasteiger partial charge in [-0.3, -0.25) is 10.2 Å². The maximum atomic E-state index is 10.6. The lowest BCUT2D eigenvalue weighted by atomic mass is 10.0. The number of aliphatic imine (C=N–C) groups is 1. The molecule has 1 atom stereocenters. The minimum atomic E-state index is -1.20. The van der Waals surface area contributed by atoms with Gasteiger partial charge in [-0.15, -0.1) is 0 Å². The number of hydrazone groups is 1. The summed E-state index contributed by atoms with van der Waals surface area (Å²) < 4.78 is 0. The lowest BCUT2D eigenvalue weighted by Crippen LogP contribution is -2.25. The van der Waals surface area contributed by atoms with E-state index in [0.717, 1.165) is 0 Å². The van der Waals surface area contributed by atoms with E-state index in [1.165, 1.54) is 5.59 Å². The van der Waals surface area contributed by atoms with Crippen LogP contribution in [0.3, 0.4) is 0 Å². The summed E-state index contributed by atoms with van der Waals surface area (Å²) in [6, 6.07) is 0. The highest BCUT2D eigenvalue weighted by atomic mass is 16.5. The van der Waals surface area contributed by atoms with Crippen LogP contribution in [0.2, 0.25) is 0 Å². The number of rotatable bonds is 6. The van der Waals surface area contributed by atoms with Crippen LogP contribution in [-0.2, 0) is 4.79 Å². The fourth-order valence-corrected chi connectivity index (χ4v) is 0.897. The summed E-state index contributed by atoms with van der Waals surface area (Å²) in [7, 11) is 0. The Balaban J connectivity index is 4.24. The first-order valence-electron chi connectivity index (χ1n) is 4.21. The molecule has 0 bridgehead atoms. The van der Waals surface area contributed by atoms with Crippen molar-refractivity contribution in [1.29, 1.82) is 0 Å². The Bertz CT molecular complexity index is 272. The SMILES string of the molecule is CC(CN=C(N)N)CC(=NNO)C(=O)O. The van der Waals surface area contributed by atoms with E-state index in [0.29, 0.717) is 6.54 Å². The van der Waals surface area contributed by atoms with Crippen LogP contribution in [0, 0.1) is 5.92 Å². The fourth-order valence-electron chi connectivity index (χ4n) is 0.897. The summed E-state index contributed by atoms with van der Waals surface area (Å²) in [6.07, 6.45) is 0.152. The molecule has 0 heterocycles. The molecule has 0 aliphatic heterocycles.